The van der Waals surface area contributed by atoms with E-state index in [2.05, 4.69) is 41.4 Å². The summed E-state index contributed by atoms with van der Waals surface area (Å²) < 4.78 is 0. The van der Waals surface area contributed by atoms with Gasteiger partial charge in [0.25, 0.3) is 0 Å². The maximum absolute atomic E-state index is 12.5. The molecule has 4 rings (SSSR count). The largest absolute Gasteiger partial charge is 0.480 e. The molecule has 2 heterocycles. The maximum atomic E-state index is 12.5. The van der Waals surface area contributed by atoms with Gasteiger partial charge in [-0.05, 0) is 46.0 Å². The highest BCUT2D eigenvalue weighted by Gasteiger charge is 2.27. The zero-order valence-corrected chi connectivity index (χ0v) is 21.2. The summed E-state index contributed by atoms with van der Waals surface area (Å²) in [5.41, 5.74) is 10.3. The van der Waals surface area contributed by atoms with Crippen LogP contribution >= 0.6 is 0 Å². The molecule has 2 aromatic carbocycles. The topological polar surface area (TPSA) is 116 Å². The molecule has 2 aliphatic heterocycles. The number of nitrogens with two attached hydrogens (primary N) is 1. The van der Waals surface area contributed by atoms with Gasteiger partial charge < -0.3 is 16.2 Å². The Morgan fingerprint density at radius 3 is 1.86 bits per heavy atom. The Bertz CT molecular complexity index is 1080. The van der Waals surface area contributed by atoms with E-state index in [1.165, 1.54) is 71.6 Å². The third-order valence-electron chi connectivity index (χ3n) is 7.32. The number of primary amides is 1. The fraction of sp³-hybridized carbons (Fsp3) is 0.536. The Morgan fingerprint density at radius 1 is 0.861 bits per heavy atom. The van der Waals surface area contributed by atoms with Crippen LogP contribution in [0.2, 0.25) is 0 Å². The number of unbranched alkanes of at least 4 members (excludes halogenated alkanes) is 5. The van der Waals surface area contributed by atoms with Crippen molar-refractivity contribution in [1.29, 1.82) is 0 Å². The molecule has 0 fully saturated rings. The number of hydrogen-bond acceptors (Lipinski definition) is 5. The zero-order chi connectivity index (χ0) is 25.7. The molecule has 0 saturated heterocycles. The summed E-state index contributed by atoms with van der Waals surface area (Å²) in [6.07, 6.45) is 7.42. The van der Waals surface area contributed by atoms with Gasteiger partial charge in [-0.15, -0.1) is 0 Å². The van der Waals surface area contributed by atoms with E-state index in [9.17, 15) is 19.5 Å². The van der Waals surface area contributed by atoms with Crippen molar-refractivity contribution in [3.8, 4) is 0 Å². The van der Waals surface area contributed by atoms with E-state index >= 15 is 0 Å². The summed E-state index contributed by atoms with van der Waals surface area (Å²) in [5.74, 6) is -2.46. The van der Waals surface area contributed by atoms with Crippen molar-refractivity contribution in [1.82, 2.24) is 15.1 Å². The van der Waals surface area contributed by atoms with Crippen LogP contribution in [0, 0.1) is 0 Å². The average Bonchev–Trinajstić information content (AvgIpc) is 2.83. The highest BCUT2D eigenvalue weighted by atomic mass is 16.4. The molecule has 1 atom stereocenters. The molecule has 194 valence electrons. The van der Waals surface area contributed by atoms with Crippen molar-refractivity contribution in [3.63, 3.8) is 0 Å². The highest BCUT2D eigenvalue weighted by molar-refractivity contribution is 5.95. The van der Waals surface area contributed by atoms with E-state index in [1.54, 1.807) is 0 Å². The van der Waals surface area contributed by atoms with Crippen molar-refractivity contribution in [2.24, 2.45) is 5.73 Å². The number of hydrogen-bond donors (Lipinski definition) is 3. The number of carboxylic acids is 1. The van der Waals surface area contributed by atoms with Crippen LogP contribution in [0.5, 0.6) is 0 Å². The van der Waals surface area contributed by atoms with Crippen molar-refractivity contribution < 1.29 is 19.5 Å². The maximum Gasteiger partial charge on any atom is 0.326 e. The second-order valence-electron chi connectivity index (χ2n) is 10.3. The summed E-state index contributed by atoms with van der Waals surface area (Å²) in [6, 6.07) is 7.51. The summed E-state index contributed by atoms with van der Waals surface area (Å²) in [6.45, 7) is 6.63. The third-order valence-corrected chi connectivity index (χ3v) is 7.32. The van der Waals surface area contributed by atoms with Gasteiger partial charge in [0.1, 0.15) is 6.04 Å². The second-order valence-corrected chi connectivity index (χ2v) is 10.3. The molecule has 8 nitrogen and oxygen atoms in total. The Morgan fingerprint density at radius 2 is 1.36 bits per heavy atom. The molecular formula is C28H38N4O4. The van der Waals surface area contributed by atoms with Crippen molar-refractivity contribution in [2.45, 2.75) is 84.1 Å². The molecular weight excluding hydrogens is 456 g/mol. The Kier molecular flexibility index (Phi) is 8.59. The highest BCUT2D eigenvalue weighted by Crippen LogP contribution is 2.37. The average molecular weight is 495 g/mol. The first-order chi connectivity index (χ1) is 17.4. The predicted octanol–water partition coefficient (Wildman–Crippen LogP) is 3.28. The van der Waals surface area contributed by atoms with E-state index in [-0.39, 0.29) is 6.54 Å². The number of nitrogens with one attached hydrogen (secondary N) is 1. The van der Waals surface area contributed by atoms with Crippen LogP contribution in [-0.2, 0) is 40.6 Å². The lowest BCUT2D eigenvalue weighted by atomic mass is 9.87. The van der Waals surface area contributed by atoms with Crippen molar-refractivity contribution in [3.05, 3.63) is 46.5 Å². The normalized spacial score (nSPS) is 16.1. The van der Waals surface area contributed by atoms with Crippen LogP contribution in [0.3, 0.4) is 0 Å². The monoisotopic (exact) mass is 494 g/mol. The van der Waals surface area contributed by atoms with Crippen molar-refractivity contribution >= 4 is 28.6 Å². The number of rotatable bonds is 13. The first-order valence-corrected chi connectivity index (χ1v) is 13.2. The molecule has 36 heavy (non-hydrogen) atoms. The number of aliphatic carboxylic acids is 1. The fourth-order valence-electron chi connectivity index (χ4n) is 5.62. The SMILES string of the molecule is CCCCCCCCN1Cc2ccc3c4c(ccc(c24)C1)CN(CC(=O)N[C@@H](CC(N)=O)C(=O)O)C3. The molecule has 0 aromatic heterocycles. The molecule has 4 N–H and O–H groups in total. The number of carbonyl (C=O) groups excluding carboxylic acids is 2. The predicted molar refractivity (Wildman–Crippen MR) is 139 cm³/mol. The number of benzene rings is 2. The van der Waals surface area contributed by atoms with Crippen molar-refractivity contribution in [2.75, 3.05) is 13.1 Å². The molecule has 0 aliphatic carbocycles. The second kappa shape index (κ2) is 11.8. The molecule has 2 amide bonds. The minimum Gasteiger partial charge on any atom is -0.480 e. The van der Waals surface area contributed by atoms with Crippen LogP contribution in [-0.4, -0.2) is 51.8 Å². The molecule has 0 radical (unpaired) electrons. The number of amides is 2. The minimum atomic E-state index is -1.31. The molecule has 2 aliphatic rings. The van der Waals surface area contributed by atoms with Gasteiger partial charge in [0, 0.05) is 26.2 Å². The smallest absolute Gasteiger partial charge is 0.326 e. The van der Waals surface area contributed by atoms with Gasteiger partial charge in [0.15, 0.2) is 0 Å². The third kappa shape index (κ3) is 6.23. The van der Waals surface area contributed by atoms with E-state index in [0.717, 1.165) is 19.6 Å². The molecule has 0 unspecified atom stereocenters. The lowest BCUT2D eigenvalue weighted by Gasteiger charge is -2.34. The number of carboxylic acid groups (broad SMARTS) is 1. The van der Waals surface area contributed by atoms with E-state index in [0.29, 0.717) is 13.1 Å². The first-order valence-electron chi connectivity index (χ1n) is 13.2. The Balaban J connectivity index is 1.39. The number of carbonyl (C=O) groups is 3. The Labute approximate surface area is 212 Å². The summed E-state index contributed by atoms with van der Waals surface area (Å²) in [5, 5.41) is 14.4. The first kappa shape index (κ1) is 26.1. The lowest BCUT2D eigenvalue weighted by molar-refractivity contribution is -0.143. The lowest BCUT2D eigenvalue weighted by Crippen LogP contribution is -2.47. The minimum absolute atomic E-state index is 0.0546. The van der Waals surface area contributed by atoms with Crippen LogP contribution in [0.25, 0.3) is 10.8 Å². The molecule has 0 saturated carbocycles. The summed E-state index contributed by atoms with van der Waals surface area (Å²) in [7, 11) is 0. The van der Waals surface area contributed by atoms with E-state index in [1.807, 2.05) is 4.90 Å². The van der Waals surface area contributed by atoms with Crippen LogP contribution in [0.15, 0.2) is 24.3 Å². The summed E-state index contributed by atoms with van der Waals surface area (Å²) in [4.78, 5) is 39.6. The van der Waals surface area contributed by atoms with Crippen LogP contribution in [0.4, 0.5) is 0 Å². The quantitative estimate of drug-likeness (QED) is 0.368. The van der Waals surface area contributed by atoms with Gasteiger partial charge in [-0.25, -0.2) is 4.79 Å². The van der Waals surface area contributed by atoms with Gasteiger partial charge in [0.05, 0.1) is 13.0 Å². The molecule has 0 spiro atoms. The number of nitrogens with zero attached hydrogens (tertiary/aromatic N) is 2. The summed E-state index contributed by atoms with van der Waals surface area (Å²) >= 11 is 0. The van der Waals surface area contributed by atoms with Gasteiger partial charge >= 0.3 is 5.97 Å². The standard InChI is InChI=1S/C28H38N4O4/c1-2-3-4-5-6-7-12-31-14-19-8-10-21-16-32(17-22-11-9-20(15-31)26(19)27(21)22)18-25(34)30-23(28(35)36)13-24(29)33/h8-11,23H,2-7,12-18H2,1H3,(H2,29,33)(H,30,34)(H,35,36)/t23-/m0/s1. The molecule has 0 bridgehead atoms. The Hall–Kier alpha value is -2.97. The van der Waals surface area contributed by atoms with Gasteiger partial charge in [-0.3, -0.25) is 19.4 Å². The van der Waals surface area contributed by atoms with Crippen LogP contribution < -0.4 is 11.1 Å². The fourth-order valence-corrected chi connectivity index (χ4v) is 5.62. The molecule has 8 heteroatoms. The van der Waals surface area contributed by atoms with Gasteiger partial charge in [-0.1, -0.05) is 63.3 Å². The zero-order valence-electron chi connectivity index (χ0n) is 21.2. The van der Waals surface area contributed by atoms with E-state index in [4.69, 9.17) is 5.73 Å². The van der Waals surface area contributed by atoms with Gasteiger partial charge in [0.2, 0.25) is 11.8 Å². The van der Waals surface area contributed by atoms with Gasteiger partial charge in [-0.2, -0.15) is 0 Å². The van der Waals surface area contributed by atoms with Crippen LogP contribution in [0.1, 0.15) is 74.1 Å². The van der Waals surface area contributed by atoms with E-state index < -0.39 is 30.2 Å². The molecule has 2 aromatic rings.